The standard InChI is InChI=1S/C24H28N2O4/c1-2-29-20-12-10-17(11-13-20)21-8-4-14-26(21)24(28)18-6-3-7-19(16-18)25-23(27)22-9-5-15-30-22/h3,6-7,10-13,16,21-22H,2,4-5,8-9,14-15H2,1H3,(H,25,27). The van der Waals surface area contributed by atoms with Gasteiger partial charge in [0.2, 0.25) is 0 Å². The number of nitrogens with one attached hydrogen (secondary N) is 1. The molecule has 0 aromatic heterocycles. The van der Waals surface area contributed by atoms with Gasteiger partial charge in [-0.05, 0) is 68.5 Å². The van der Waals surface area contributed by atoms with Crippen molar-refractivity contribution in [1.82, 2.24) is 4.90 Å². The summed E-state index contributed by atoms with van der Waals surface area (Å²) in [6.07, 6.45) is 3.15. The molecule has 4 rings (SSSR count). The highest BCUT2D eigenvalue weighted by Gasteiger charge is 2.31. The lowest BCUT2D eigenvalue weighted by Crippen LogP contribution is -2.31. The Kier molecular flexibility index (Phi) is 6.33. The molecule has 2 aliphatic heterocycles. The summed E-state index contributed by atoms with van der Waals surface area (Å²) in [5.41, 5.74) is 2.32. The fourth-order valence-corrected chi connectivity index (χ4v) is 4.21. The Morgan fingerprint density at radius 3 is 2.70 bits per heavy atom. The summed E-state index contributed by atoms with van der Waals surface area (Å²) in [5.74, 6) is 0.678. The number of carbonyl (C=O) groups excluding carboxylic acids is 2. The average Bonchev–Trinajstić information content (AvgIpc) is 3.47. The Bertz CT molecular complexity index is 890. The van der Waals surface area contributed by atoms with Crippen LogP contribution in [0.1, 0.15) is 54.6 Å². The van der Waals surface area contributed by atoms with Crippen molar-refractivity contribution in [3.63, 3.8) is 0 Å². The molecule has 6 nitrogen and oxygen atoms in total. The predicted octanol–water partition coefficient (Wildman–Crippen LogP) is 4.18. The van der Waals surface area contributed by atoms with Gasteiger partial charge in [0.15, 0.2) is 0 Å². The zero-order chi connectivity index (χ0) is 20.9. The van der Waals surface area contributed by atoms with Crippen LogP contribution in [0.15, 0.2) is 48.5 Å². The van der Waals surface area contributed by atoms with E-state index in [0.717, 1.165) is 43.5 Å². The monoisotopic (exact) mass is 408 g/mol. The third-order valence-corrected chi connectivity index (χ3v) is 5.69. The van der Waals surface area contributed by atoms with Gasteiger partial charge in [0.1, 0.15) is 11.9 Å². The number of likely N-dealkylation sites (tertiary alicyclic amines) is 1. The molecule has 2 heterocycles. The second kappa shape index (κ2) is 9.30. The van der Waals surface area contributed by atoms with Gasteiger partial charge < -0.3 is 19.7 Å². The smallest absolute Gasteiger partial charge is 0.254 e. The minimum absolute atomic E-state index is 0.0143. The van der Waals surface area contributed by atoms with E-state index in [4.69, 9.17) is 9.47 Å². The molecule has 0 bridgehead atoms. The zero-order valence-electron chi connectivity index (χ0n) is 17.3. The van der Waals surface area contributed by atoms with Crippen LogP contribution in [-0.2, 0) is 9.53 Å². The molecule has 158 valence electrons. The van der Waals surface area contributed by atoms with E-state index in [1.165, 1.54) is 0 Å². The molecule has 2 fully saturated rings. The van der Waals surface area contributed by atoms with Crippen LogP contribution in [0.25, 0.3) is 0 Å². The van der Waals surface area contributed by atoms with Crippen molar-refractivity contribution < 1.29 is 19.1 Å². The van der Waals surface area contributed by atoms with Crippen molar-refractivity contribution in [2.24, 2.45) is 0 Å². The molecule has 2 unspecified atom stereocenters. The van der Waals surface area contributed by atoms with Gasteiger partial charge in [-0.3, -0.25) is 9.59 Å². The highest BCUT2D eigenvalue weighted by atomic mass is 16.5. The maximum absolute atomic E-state index is 13.3. The highest BCUT2D eigenvalue weighted by molar-refractivity contribution is 5.98. The van der Waals surface area contributed by atoms with Gasteiger partial charge in [-0.2, -0.15) is 0 Å². The van der Waals surface area contributed by atoms with Crippen LogP contribution in [0.4, 0.5) is 5.69 Å². The van der Waals surface area contributed by atoms with Crippen LogP contribution in [0.5, 0.6) is 5.75 Å². The van der Waals surface area contributed by atoms with E-state index >= 15 is 0 Å². The van der Waals surface area contributed by atoms with Gasteiger partial charge in [0.05, 0.1) is 12.6 Å². The van der Waals surface area contributed by atoms with Crippen molar-refractivity contribution in [2.45, 2.75) is 44.8 Å². The van der Waals surface area contributed by atoms with E-state index in [1.54, 1.807) is 24.3 Å². The van der Waals surface area contributed by atoms with E-state index in [1.807, 2.05) is 36.1 Å². The first kappa shape index (κ1) is 20.4. The molecule has 0 saturated carbocycles. The summed E-state index contributed by atoms with van der Waals surface area (Å²) in [5, 5.41) is 2.88. The number of anilines is 1. The average molecular weight is 408 g/mol. The van der Waals surface area contributed by atoms with Crippen LogP contribution in [0.2, 0.25) is 0 Å². The second-order valence-corrected chi connectivity index (χ2v) is 7.73. The predicted molar refractivity (Wildman–Crippen MR) is 115 cm³/mol. The summed E-state index contributed by atoms with van der Waals surface area (Å²) < 4.78 is 11.0. The molecule has 30 heavy (non-hydrogen) atoms. The van der Waals surface area contributed by atoms with Crippen LogP contribution < -0.4 is 10.1 Å². The van der Waals surface area contributed by atoms with E-state index in [9.17, 15) is 9.59 Å². The first-order valence-electron chi connectivity index (χ1n) is 10.7. The van der Waals surface area contributed by atoms with Crippen molar-refractivity contribution in [3.8, 4) is 5.75 Å². The van der Waals surface area contributed by atoms with E-state index < -0.39 is 6.10 Å². The molecule has 6 heteroatoms. The second-order valence-electron chi connectivity index (χ2n) is 7.73. The van der Waals surface area contributed by atoms with Gasteiger partial charge in [0.25, 0.3) is 11.8 Å². The molecule has 0 aliphatic carbocycles. The molecule has 2 saturated heterocycles. The SMILES string of the molecule is CCOc1ccc(C2CCCN2C(=O)c2cccc(NC(=O)C3CCCO3)c2)cc1. The van der Waals surface area contributed by atoms with E-state index in [0.29, 0.717) is 24.5 Å². The van der Waals surface area contributed by atoms with Gasteiger partial charge in [-0.25, -0.2) is 0 Å². The largest absolute Gasteiger partial charge is 0.494 e. The number of hydrogen-bond donors (Lipinski definition) is 1. The van der Waals surface area contributed by atoms with Gasteiger partial charge in [-0.15, -0.1) is 0 Å². The van der Waals surface area contributed by atoms with Crippen molar-refractivity contribution in [2.75, 3.05) is 25.1 Å². The minimum atomic E-state index is -0.396. The van der Waals surface area contributed by atoms with Gasteiger partial charge >= 0.3 is 0 Å². The highest BCUT2D eigenvalue weighted by Crippen LogP contribution is 2.34. The van der Waals surface area contributed by atoms with E-state index in [2.05, 4.69) is 5.32 Å². The molecule has 2 amide bonds. The first-order valence-corrected chi connectivity index (χ1v) is 10.7. The topological polar surface area (TPSA) is 67.9 Å². The molecule has 2 aromatic carbocycles. The lowest BCUT2D eigenvalue weighted by Gasteiger charge is -2.25. The number of carbonyl (C=O) groups is 2. The number of benzene rings is 2. The molecule has 2 aliphatic rings. The Morgan fingerprint density at radius 1 is 1.13 bits per heavy atom. The molecule has 2 atom stereocenters. The van der Waals surface area contributed by atoms with Gasteiger partial charge in [-0.1, -0.05) is 18.2 Å². The first-order chi connectivity index (χ1) is 14.7. The Labute approximate surface area is 177 Å². The normalized spacial score (nSPS) is 20.9. The molecule has 1 N–H and O–H groups in total. The van der Waals surface area contributed by atoms with Crippen molar-refractivity contribution >= 4 is 17.5 Å². The van der Waals surface area contributed by atoms with Gasteiger partial charge in [0, 0.05) is 24.4 Å². The third kappa shape index (κ3) is 4.49. The lowest BCUT2D eigenvalue weighted by molar-refractivity contribution is -0.124. The Morgan fingerprint density at radius 2 is 1.97 bits per heavy atom. The number of rotatable bonds is 6. The summed E-state index contributed by atoms with van der Waals surface area (Å²) in [6.45, 7) is 3.94. The van der Waals surface area contributed by atoms with E-state index in [-0.39, 0.29) is 17.9 Å². The fourth-order valence-electron chi connectivity index (χ4n) is 4.21. The summed E-state index contributed by atoms with van der Waals surface area (Å²) >= 11 is 0. The van der Waals surface area contributed by atoms with Crippen LogP contribution in [0, 0.1) is 0 Å². The molecule has 2 aromatic rings. The summed E-state index contributed by atoms with van der Waals surface area (Å²) in [7, 11) is 0. The molecule has 0 spiro atoms. The maximum atomic E-state index is 13.3. The number of nitrogens with zero attached hydrogens (tertiary/aromatic N) is 1. The van der Waals surface area contributed by atoms with Crippen molar-refractivity contribution in [3.05, 3.63) is 59.7 Å². The van der Waals surface area contributed by atoms with Crippen molar-refractivity contribution in [1.29, 1.82) is 0 Å². The maximum Gasteiger partial charge on any atom is 0.254 e. The number of ether oxygens (including phenoxy) is 2. The zero-order valence-corrected chi connectivity index (χ0v) is 17.3. The number of amides is 2. The molecular formula is C24H28N2O4. The van der Waals surface area contributed by atoms with Crippen LogP contribution in [0.3, 0.4) is 0 Å². The number of hydrogen-bond acceptors (Lipinski definition) is 4. The molecular weight excluding hydrogens is 380 g/mol. The lowest BCUT2D eigenvalue weighted by atomic mass is 10.0. The Hall–Kier alpha value is -2.86. The quantitative estimate of drug-likeness (QED) is 0.779. The minimum Gasteiger partial charge on any atom is -0.494 e. The van der Waals surface area contributed by atoms with Crippen LogP contribution in [-0.4, -0.2) is 42.6 Å². The Balaban J connectivity index is 1.47. The third-order valence-electron chi connectivity index (χ3n) is 5.69. The van der Waals surface area contributed by atoms with Crippen LogP contribution >= 0.6 is 0 Å². The summed E-state index contributed by atoms with van der Waals surface area (Å²) in [4.78, 5) is 27.5. The molecule has 0 radical (unpaired) electrons. The summed E-state index contributed by atoms with van der Waals surface area (Å²) in [6, 6.07) is 15.2. The fraction of sp³-hybridized carbons (Fsp3) is 0.417.